The van der Waals surface area contributed by atoms with Crippen molar-refractivity contribution in [1.29, 1.82) is 0 Å². The second-order valence-corrected chi connectivity index (χ2v) is 18.2. The number of anilines is 2. The van der Waals surface area contributed by atoms with Gasteiger partial charge in [0.25, 0.3) is 0 Å². The predicted octanol–water partition coefficient (Wildman–Crippen LogP) is 9.26. The average Bonchev–Trinajstić information content (AvgIpc) is 3.90. The second-order valence-electron chi connectivity index (χ2n) is 14.5. The summed E-state index contributed by atoms with van der Waals surface area (Å²) in [5.74, 6) is -0.230. The highest BCUT2D eigenvalue weighted by Crippen LogP contribution is 2.25. The molecule has 294 valence electrons. The number of carbonyl (C=O) groups is 4. The van der Waals surface area contributed by atoms with Crippen molar-refractivity contribution in [3.8, 4) is 0 Å². The minimum absolute atomic E-state index is 0.115. The van der Waals surface area contributed by atoms with E-state index in [2.05, 4.69) is 54.3 Å². The number of carbonyl (C=O) groups excluding carboxylic acids is 4. The van der Waals surface area contributed by atoms with E-state index in [4.69, 9.17) is 9.47 Å². The van der Waals surface area contributed by atoms with Gasteiger partial charge in [-0.15, -0.1) is 45.3 Å². The van der Waals surface area contributed by atoms with Crippen LogP contribution in [0.25, 0.3) is 0 Å². The molecule has 0 bridgehead atoms. The largest absolute Gasteiger partial charge is 0.442 e. The van der Waals surface area contributed by atoms with Gasteiger partial charge >= 0.3 is 12.2 Å². The molecule has 4 N–H and O–H groups in total. The zero-order valence-corrected chi connectivity index (χ0v) is 35.2. The van der Waals surface area contributed by atoms with Crippen molar-refractivity contribution in [1.82, 2.24) is 20.8 Å². The molecule has 4 rings (SSSR count). The number of hydrazine groups is 1. The lowest BCUT2D eigenvalue weighted by molar-refractivity contribution is -0.115. The predicted molar refractivity (Wildman–Crippen MR) is 219 cm³/mol. The van der Waals surface area contributed by atoms with Crippen molar-refractivity contribution in [2.24, 2.45) is 0 Å². The van der Waals surface area contributed by atoms with Gasteiger partial charge in [0.2, 0.25) is 11.8 Å². The molecule has 0 fully saturated rings. The van der Waals surface area contributed by atoms with Crippen molar-refractivity contribution in [2.45, 2.75) is 130 Å². The maximum atomic E-state index is 12.5. The number of nitrogens with zero attached hydrogens (tertiary/aromatic N) is 2. The first-order chi connectivity index (χ1) is 25.6. The molecule has 0 radical (unpaired) electrons. The third-order valence-corrected chi connectivity index (χ3v) is 12.0. The number of rotatable bonds is 20. The number of unbranched alkanes of at least 4 members (excludes halogenated alkanes) is 2. The number of nitrogens with one attached hydrogen (secondary N) is 4. The van der Waals surface area contributed by atoms with Crippen LogP contribution < -0.4 is 21.5 Å². The zero-order valence-electron chi connectivity index (χ0n) is 31.9. The van der Waals surface area contributed by atoms with E-state index >= 15 is 0 Å². The van der Waals surface area contributed by atoms with Crippen LogP contribution in [0.15, 0.2) is 33.7 Å². The lowest BCUT2D eigenvalue weighted by Gasteiger charge is -2.27. The number of ether oxygens (including phenoxy) is 2. The Morgan fingerprint density at radius 3 is 1.37 bits per heavy atom. The Bertz CT molecular complexity index is 1700. The van der Waals surface area contributed by atoms with Gasteiger partial charge in [-0.3, -0.25) is 9.59 Å². The Kier molecular flexibility index (Phi) is 16.4. The maximum Gasteiger partial charge on any atom is 0.426 e. The highest BCUT2D eigenvalue weighted by Gasteiger charge is 2.25. The molecule has 4 heterocycles. The van der Waals surface area contributed by atoms with Crippen LogP contribution >= 0.6 is 45.3 Å². The molecule has 4 aromatic rings. The molecule has 0 saturated heterocycles. The van der Waals surface area contributed by atoms with E-state index in [-0.39, 0.29) is 11.8 Å². The SMILES string of the molecule is CC(=O)Nc1nc(CCc2csc(CCCCC(C)(C)OC(=O)NNC(=O)OC(C)(C)CCCCc3cc(CCc4csc(NC(C)=O)n4)cs3)c2)cs1. The first-order valence-corrected chi connectivity index (χ1v) is 21.7. The van der Waals surface area contributed by atoms with Crippen LogP contribution in [0, 0.1) is 0 Å². The van der Waals surface area contributed by atoms with Crippen molar-refractivity contribution >= 4 is 79.6 Å². The Morgan fingerprint density at radius 2 is 0.981 bits per heavy atom. The van der Waals surface area contributed by atoms with Crippen molar-refractivity contribution in [3.63, 3.8) is 0 Å². The van der Waals surface area contributed by atoms with Gasteiger partial charge in [-0.05, 0) is 139 Å². The smallest absolute Gasteiger partial charge is 0.426 e. The summed E-state index contributed by atoms with van der Waals surface area (Å²) >= 11 is 6.39. The van der Waals surface area contributed by atoms with E-state index in [9.17, 15) is 19.2 Å². The van der Waals surface area contributed by atoms with E-state index in [1.165, 1.54) is 57.4 Å². The highest BCUT2D eigenvalue weighted by atomic mass is 32.1. The Morgan fingerprint density at radius 1 is 0.574 bits per heavy atom. The van der Waals surface area contributed by atoms with Gasteiger partial charge in [-0.1, -0.05) is 0 Å². The summed E-state index contributed by atoms with van der Waals surface area (Å²) in [7, 11) is 0. The normalized spacial score (nSPS) is 11.6. The van der Waals surface area contributed by atoms with E-state index < -0.39 is 23.4 Å². The average molecular weight is 817 g/mol. The minimum atomic E-state index is -0.737. The van der Waals surface area contributed by atoms with Crippen LogP contribution in [-0.4, -0.2) is 45.2 Å². The molecule has 0 spiro atoms. The van der Waals surface area contributed by atoms with Gasteiger partial charge in [-0.25, -0.2) is 30.4 Å². The van der Waals surface area contributed by atoms with Gasteiger partial charge in [0.15, 0.2) is 10.3 Å². The van der Waals surface area contributed by atoms with Crippen LogP contribution in [0.5, 0.6) is 0 Å². The van der Waals surface area contributed by atoms with E-state index in [0.29, 0.717) is 23.1 Å². The first-order valence-electron chi connectivity index (χ1n) is 18.2. The van der Waals surface area contributed by atoms with Crippen LogP contribution in [-0.2, 0) is 57.6 Å². The summed E-state index contributed by atoms with van der Waals surface area (Å²) in [4.78, 5) is 58.9. The quantitative estimate of drug-likeness (QED) is 0.0507. The molecule has 4 amide bonds. The molecule has 12 nitrogen and oxygen atoms in total. The van der Waals surface area contributed by atoms with Gasteiger partial charge in [0, 0.05) is 34.4 Å². The maximum absolute atomic E-state index is 12.5. The number of hydrogen-bond acceptors (Lipinski definition) is 12. The van der Waals surface area contributed by atoms with E-state index in [1.807, 2.05) is 38.5 Å². The van der Waals surface area contributed by atoms with Crippen molar-refractivity contribution in [3.05, 3.63) is 65.9 Å². The third kappa shape index (κ3) is 16.2. The van der Waals surface area contributed by atoms with Crippen LogP contribution in [0.4, 0.5) is 19.9 Å². The van der Waals surface area contributed by atoms with Crippen molar-refractivity contribution in [2.75, 3.05) is 10.6 Å². The van der Waals surface area contributed by atoms with Gasteiger partial charge < -0.3 is 20.1 Å². The number of aromatic nitrogens is 2. The van der Waals surface area contributed by atoms with E-state index in [0.717, 1.165) is 75.6 Å². The fraction of sp³-hybridized carbons (Fsp3) is 0.526. The second kappa shape index (κ2) is 20.7. The topological polar surface area (TPSA) is 161 Å². The molecule has 0 atom stereocenters. The summed E-state index contributed by atoms with van der Waals surface area (Å²) < 4.78 is 11.2. The number of thiophene rings is 2. The molecule has 0 aliphatic heterocycles. The molecule has 0 aliphatic carbocycles. The molecule has 4 aromatic heterocycles. The highest BCUT2D eigenvalue weighted by molar-refractivity contribution is 7.14. The lowest BCUT2D eigenvalue weighted by atomic mass is 10.00. The molecular weight excluding hydrogens is 765 g/mol. The number of amides is 4. The molecule has 16 heteroatoms. The van der Waals surface area contributed by atoms with Gasteiger partial charge in [-0.2, -0.15) is 0 Å². The van der Waals surface area contributed by atoms with Crippen molar-refractivity contribution < 1.29 is 28.7 Å². The molecule has 54 heavy (non-hydrogen) atoms. The van der Waals surface area contributed by atoms with Gasteiger partial charge in [0.05, 0.1) is 11.4 Å². The Balaban J connectivity index is 1.04. The lowest BCUT2D eigenvalue weighted by Crippen LogP contribution is -2.47. The minimum Gasteiger partial charge on any atom is -0.442 e. The molecule has 0 aromatic carbocycles. The summed E-state index contributed by atoms with van der Waals surface area (Å²) in [5, 5.41) is 15.1. The standard InChI is InChI=1S/C38H52N6O6S4/c1-25(45)39-33-41-29(23-53-33)15-13-27-19-31(51-21-27)11-7-9-17-37(3,4)49-35(47)43-44-36(48)50-38(5,6)18-10-8-12-32-20-28(22-52-32)14-16-30-24-54-34(42-30)40-26(2)46/h19-24H,7-18H2,1-6H3,(H,43,47)(H,44,48)(H,39,41,45)(H,40,42,46). The summed E-state index contributed by atoms with van der Waals surface area (Å²) in [6.07, 6.45) is 8.92. The first kappa shape index (κ1) is 42.9. The summed E-state index contributed by atoms with van der Waals surface area (Å²) in [6, 6.07) is 4.49. The number of thiazole rings is 2. The fourth-order valence-corrected chi connectivity index (χ4v) is 9.16. The molecule has 0 aliphatic rings. The Labute approximate surface area is 333 Å². The van der Waals surface area contributed by atoms with Crippen LogP contribution in [0.3, 0.4) is 0 Å². The molecular formula is C38H52N6O6S4. The van der Waals surface area contributed by atoms with Gasteiger partial charge in [0.1, 0.15) is 11.2 Å². The summed E-state index contributed by atoms with van der Waals surface area (Å²) in [6.45, 7) is 10.4. The molecule has 0 saturated carbocycles. The van der Waals surface area contributed by atoms with Crippen LogP contribution in [0.2, 0.25) is 0 Å². The molecule has 0 unspecified atom stereocenters. The zero-order chi connectivity index (χ0) is 39.1. The number of aryl methyl sites for hydroxylation is 6. The number of hydrogen-bond donors (Lipinski definition) is 4. The fourth-order valence-electron chi connectivity index (χ4n) is 5.64. The monoisotopic (exact) mass is 816 g/mol. The Hall–Kier alpha value is -3.86. The van der Waals surface area contributed by atoms with Crippen LogP contribution in [0.1, 0.15) is 112 Å². The summed E-state index contributed by atoms with van der Waals surface area (Å²) in [5.41, 5.74) is 7.73. The van der Waals surface area contributed by atoms with E-state index in [1.54, 1.807) is 22.7 Å². The third-order valence-electron chi connectivity index (χ3n) is 8.33.